The maximum atomic E-state index is 5.38. The standard InChI is InChI=1S/C19H25N7O/c1-15-4-2-5-16(14-15)22-19-23-18-17(21-7-9-26(18)24-19)20-6-3-8-25-10-12-27-13-11-25/h2,4-5,7,9,14H,3,6,8,10-13H2,1H3,(H,20,21)(H,22,24). The quantitative estimate of drug-likeness (QED) is 0.620. The number of benzene rings is 1. The normalized spacial score (nSPS) is 15.1. The predicted octanol–water partition coefficient (Wildman–Crippen LogP) is 2.31. The van der Waals surface area contributed by atoms with Gasteiger partial charge in [0, 0.05) is 37.7 Å². The van der Waals surface area contributed by atoms with Crippen LogP contribution >= 0.6 is 0 Å². The highest BCUT2D eigenvalue weighted by Gasteiger charge is 2.11. The Morgan fingerprint density at radius 3 is 2.96 bits per heavy atom. The second-order valence-corrected chi connectivity index (χ2v) is 6.71. The van der Waals surface area contributed by atoms with Gasteiger partial charge in [-0.2, -0.15) is 4.98 Å². The van der Waals surface area contributed by atoms with Crippen LogP contribution < -0.4 is 10.6 Å². The third-order valence-corrected chi connectivity index (χ3v) is 4.58. The molecule has 0 saturated carbocycles. The van der Waals surface area contributed by atoms with E-state index in [4.69, 9.17) is 4.74 Å². The van der Waals surface area contributed by atoms with Crippen molar-refractivity contribution in [2.24, 2.45) is 0 Å². The topological polar surface area (TPSA) is 79.6 Å². The minimum absolute atomic E-state index is 0.560. The zero-order chi connectivity index (χ0) is 18.5. The molecule has 2 aromatic heterocycles. The lowest BCUT2D eigenvalue weighted by Gasteiger charge is -2.26. The van der Waals surface area contributed by atoms with Gasteiger partial charge in [0.15, 0.2) is 11.5 Å². The molecule has 0 spiro atoms. The molecular formula is C19H25N7O. The molecule has 27 heavy (non-hydrogen) atoms. The third-order valence-electron chi connectivity index (χ3n) is 4.58. The van der Waals surface area contributed by atoms with Crippen LogP contribution in [0.4, 0.5) is 17.5 Å². The molecule has 142 valence electrons. The number of aromatic nitrogens is 4. The van der Waals surface area contributed by atoms with Crippen molar-refractivity contribution >= 4 is 23.1 Å². The van der Waals surface area contributed by atoms with Gasteiger partial charge >= 0.3 is 0 Å². The van der Waals surface area contributed by atoms with E-state index in [9.17, 15) is 0 Å². The van der Waals surface area contributed by atoms with Crippen LogP contribution in [0, 0.1) is 6.92 Å². The molecule has 1 aromatic carbocycles. The maximum absolute atomic E-state index is 5.38. The van der Waals surface area contributed by atoms with Crippen LogP contribution in [0.2, 0.25) is 0 Å². The minimum Gasteiger partial charge on any atom is -0.379 e. The molecule has 0 aliphatic carbocycles. The van der Waals surface area contributed by atoms with Gasteiger partial charge in [-0.3, -0.25) is 4.90 Å². The van der Waals surface area contributed by atoms with E-state index in [-0.39, 0.29) is 0 Å². The number of hydrogen-bond acceptors (Lipinski definition) is 7. The Morgan fingerprint density at radius 1 is 1.22 bits per heavy atom. The number of morpholine rings is 1. The van der Waals surface area contributed by atoms with Gasteiger partial charge in [0.1, 0.15) is 0 Å². The first kappa shape index (κ1) is 17.7. The number of ether oxygens (including phenoxy) is 1. The molecule has 3 heterocycles. The number of rotatable bonds is 7. The lowest BCUT2D eigenvalue weighted by atomic mass is 10.2. The number of hydrogen-bond donors (Lipinski definition) is 2. The summed E-state index contributed by atoms with van der Waals surface area (Å²) in [5, 5.41) is 11.1. The summed E-state index contributed by atoms with van der Waals surface area (Å²) in [5.41, 5.74) is 2.88. The Labute approximate surface area is 158 Å². The van der Waals surface area contributed by atoms with Crippen molar-refractivity contribution < 1.29 is 4.74 Å². The van der Waals surface area contributed by atoms with Crippen LogP contribution in [-0.4, -0.2) is 63.9 Å². The molecule has 1 aliphatic rings. The smallest absolute Gasteiger partial charge is 0.247 e. The van der Waals surface area contributed by atoms with E-state index in [2.05, 4.69) is 49.7 Å². The molecule has 0 atom stereocenters. The molecule has 0 amide bonds. The first-order valence-electron chi connectivity index (χ1n) is 9.37. The molecule has 1 saturated heterocycles. The van der Waals surface area contributed by atoms with E-state index in [1.54, 1.807) is 10.7 Å². The van der Waals surface area contributed by atoms with E-state index in [0.29, 0.717) is 5.95 Å². The highest BCUT2D eigenvalue weighted by molar-refractivity contribution is 5.65. The second kappa shape index (κ2) is 8.32. The van der Waals surface area contributed by atoms with Crippen molar-refractivity contribution in [3.8, 4) is 0 Å². The predicted molar refractivity (Wildman–Crippen MR) is 106 cm³/mol. The van der Waals surface area contributed by atoms with Crippen molar-refractivity contribution in [2.45, 2.75) is 13.3 Å². The second-order valence-electron chi connectivity index (χ2n) is 6.71. The van der Waals surface area contributed by atoms with Gasteiger partial charge in [-0.25, -0.2) is 9.50 Å². The zero-order valence-electron chi connectivity index (χ0n) is 15.6. The van der Waals surface area contributed by atoms with Crippen molar-refractivity contribution in [3.63, 3.8) is 0 Å². The van der Waals surface area contributed by atoms with Crippen LogP contribution in [0.5, 0.6) is 0 Å². The van der Waals surface area contributed by atoms with Crippen molar-refractivity contribution in [1.82, 2.24) is 24.5 Å². The third kappa shape index (κ3) is 4.53. The molecule has 3 aromatic rings. The van der Waals surface area contributed by atoms with Crippen LogP contribution in [0.1, 0.15) is 12.0 Å². The molecule has 8 nitrogen and oxygen atoms in total. The summed E-state index contributed by atoms with van der Waals surface area (Å²) in [6, 6.07) is 8.14. The fourth-order valence-corrected chi connectivity index (χ4v) is 3.18. The van der Waals surface area contributed by atoms with E-state index in [1.165, 1.54) is 5.56 Å². The van der Waals surface area contributed by atoms with E-state index >= 15 is 0 Å². The Morgan fingerprint density at radius 2 is 2.11 bits per heavy atom. The highest BCUT2D eigenvalue weighted by Crippen LogP contribution is 2.18. The Bertz CT molecular complexity index is 889. The number of anilines is 3. The average Bonchev–Trinajstić information content (AvgIpc) is 3.09. The van der Waals surface area contributed by atoms with Gasteiger partial charge in [-0.15, -0.1) is 5.10 Å². The van der Waals surface area contributed by atoms with Gasteiger partial charge < -0.3 is 15.4 Å². The molecule has 0 unspecified atom stereocenters. The fraction of sp³-hybridized carbons (Fsp3) is 0.421. The maximum Gasteiger partial charge on any atom is 0.247 e. The lowest BCUT2D eigenvalue weighted by Crippen LogP contribution is -2.37. The van der Waals surface area contributed by atoms with Gasteiger partial charge in [-0.05, 0) is 37.6 Å². The van der Waals surface area contributed by atoms with Gasteiger partial charge in [0.25, 0.3) is 0 Å². The average molecular weight is 367 g/mol. The Balaban J connectivity index is 1.38. The summed E-state index contributed by atoms with van der Waals surface area (Å²) in [6.07, 6.45) is 4.59. The highest BCUT2D eigenvalue weighted by atomic mass is 16.5. The Kier molecular flexibility index (Phi) is 5.45. The molecular weight excluding hydrogens is 342 g/mol. The molecule has 4 rings (SSSR count). The number of aryl methyl sites for hydroxylation is 1. The fourth-order valence-electron chi connectivity index (χ4n) is 3.18. The van der Waals surface area contributed by atoms with Gasteiger partial charge in [-0.1, -0.05) is 12.1 Å². The van der Waals surface area contributed by atoms with E-state index in [0.717, 1.165) is 63.0 Å². The minimum atomic E-state index is 0.560. The summed E-state index contributed by atoms with van der Waals surface area (Å²) < 4.78 is 7.13. The first-order chi connectivity index (χ1) is 13.3. The van der Waals surface area contributed by atoms with E-state index < -0.39 is 0 Å². The summed E-state index contributed by atoms with van der Waals surface area (Å²) in [6.45, 7) is 7.68. The zero-order valence-corrected chi connectivity index (χ0v) is 15.6. The van der Waals surface area contributed by atoms with Gasteiger partial charge in [0.2, 0.25) is 5.95 Å². The SMILES string of the molecule is Cc1cccc(Nc2nc3c(NCCCN4CCOCC4)nccn3n2)c1. The molecule has 1 fully saturated rings. The van der Waals surface area contributed by atoms with Crippen LogP contribution in [0.3, 0.4) is 0 Å². The van der Waals surface area contributed by atoms with Crippen molar-refractivity contribution in [1.29, 1.82) is 0 Å². The lowest BCUT2D eigenvalue weighted by molar-refractivity contribution is 0.0378. The summed E-state index contributed by atoms with van der Waals surface area (Å²) in [7, 11) is 0. The van der Waals surface area contributed by atoms with Crippen LogP contribution in [0.15, 0.2) is 36.7 Å². The molecule has 0 bridgehead atoms. The first-order valence-corrected chi connectivity index (χ1v) is 9.37. The Hall–Kier alpha value is -2.71. The number of nitrogens with one attached hydrogen (secondary N) is 2. The summed E-state index contributed by atoms with van der Waals surface area (Å²) in [4.78, 5) is 11.5. The van der Waals surface area contributed by atoms with Gasteiger partial charge in [0.05, 0.1) is 13.2 Å². The summed E-state index contributed by atoms with van der Waals surface area (Å²) in [5.74, 6) is 1.31. The van der Waals surface area contributed by atoms with Crippen molar-refractivity contribution in [3.05, 3.63) is 42.2 Å². The molecule has 0 radical (unpaired) electrons. The molecule has 8 heteroatoms. The molecule has 2 N–H and O–H groups in total. The number of fused-ring (bicyclic) bond motifs is 1. The monoisotopic (exact) mass is 367 g/mol. The van der Waals surface area contributed by atoms with Crippen LogP contribution in [-0.2, 0) is 4.74 Å². The molecule has 1 aliphatic heterocycles. The van der Waals surface area contributed by atoms with Crippen LogP contribution in [0.25, 0.3) is 5.65 Å². The van der Waals surface area contributed by atoms with E-state index in [1.807, 2.05) is 18.3 Å². The largest absolute Gasteiger partial charge is 0.379 e. The number of nitrogens with zero attached hydrogens (tertiary/aromatic N) is 5. The van der Waals surface area contributed by atoms with Crippen molar-refractivity contribution in [2.75, 3.05) is 50.0 Å². The summed E-state index contributed by atoms with van der Waals surface area (Å²) >= 11 is 0.